The van der Waals surface area contributed by atoms with Gasteiger partial charge in [0.25, 0.3) is 0 Å². The van der Waals surface area contributed by atoms with Crippen molar-refractivity contribution in [1.82, 2.24) is 10.6 Å². The quantitative estimate of drug-likeness (QED) is 0.419. The highest BCUT2D eigenvalue weighted by Gasteiger charge is 2.23. The van der Waals surface area contributed by atoms with Crippen LogP contribution in [0.2, 0.25) is 0 Å². The molecule has 0 radical (unpaired) electrons. The maximum Gasteiger partial charge on any atom is 0.191 e. The Balaban J connectivity index is 1.74. The summed E-state index contributed by atoms with van der Waals surface area (Å²) < 4.78 is 1.13. The highest BCUT2D eigenvalue weighted by atomic mass is 79.9. The number of halogens is 1. The number of benzene rings is 1. The Hall–Kier alpha value is -0.880. The molecule has 2 N–H and O–H groups in total. The fourth-order valence-electron chi connectivity index (χ4n) is 2.73. The molecule has 1 heterocycles. The molecule has 0 saturated carbocycles. The molecule has 1 saturated heterocycles. The fourth-order valence-corrected chi connectivity index (χ4v) is 3.49. The Morgan fingerprint density at radius 1 is 1.35 bits per heavy atom. The lowest BCUT2D eigenvalue weighted by Crippen LogP contribution is -2.44. The van der Waals surface area contributed by atoms with Gasteiger partial charge in [0, 0.05) is 42.9 Å². The topological polar surface area (TPSA) is 39.7 Å². The van der Waals surface area contributed by atoms with Crippen LogP contribution in [-0.2, 0) is 0 Å². The molecule has 128 valence electrons. The molecule has 1 aromatic carbocycles. The number of nitrogens with zero attached hydrogens (tertiary/aromatic N) is 2. The van der Waals surface area contributed by atoms with E-state index in [2.05, 4.69) is 67.0 Å². The van der Waals surface area contributed by atoms with Crippen molar-refractivity contribution in [2.45, 2.75) is 25.3 Å². The van der Waals surface area contributed by atoms with E-state index in [-0.39, 0.29) is 0 Å². The molecule has 0 amide bonds. The summed E-state index contributed by atoms with van der Waals surface area (Å²) in [5.74, 6) is 2.16. The first-order valence-corrected chi connectivity index (χ1v) is 10.4. The number of hydrogen-bond donors (Lipinski definition) is 2. The number of nitrogens with one attached hydrogen (secondary N) is 2. The maximum absolute atomic E-state index is 4.34. The number of unbranched alkanes of at least 4 members (excludes halogenated alkanes) is 1. The van der Waals surface area contributed by atoms with E-state index in [4.69, 9.17) is 0 Å². The molecule has 1 atom stereocenters. The van der Waals surface area contributed by atoms with Crippen molar-refractivity contribution in [1.29, 1.82) is 0 Å². The third-order valence-electron chi connectivity index (χ3n) is 4.01. The Labute approximate surface area is 152 Å². The molecule has 1 aliphatic heterocycles. The van der Waals surface area contributed by atoms with Crippen LogP contribution < -0.4 is 15.5 Å². The zero-order chi connectivity index (χ0) is 16.5. The molecule has 2 rings (SSSR count). The zero-order valence-corrected chi connectivity index (χ0v) is 16.4. The summed E-state index contributed by atoms with van der Waals surface area (Å²) in [5, 5.41) is 6.97. The summed E-state index contributed by atoms with van der Waals surface area (Å²) in [4.78, 5) is 6.77. The molecule has 23 heavy (non-hydrogen) atoms. The van der Waals surface area contributed by atoms with Gasteiger partial charge in [0.2, 0.25) is 0 Å². The third kappa shape index (κ3) is 6.26. The first kappa shape index (κ1) is 18.5. The van der Waals surface area contributed by atoms with Crippen LogP contribution in [0.5, 0.6) is 0 Å². The molecule has 0 aromatic heterocycles. The van der Waals surface area contributed by atoms with Crippen molar-refractivity contribution in [2.75, 3.05) is 43.6 Å². The number of thioether (sulfide) groups is 1. The summed E-state index contributed by atoms with van der Waals surface area (Å²) in [5.41, 5.74) is 1.29. The van der Waals surface area contributed by atoms with Gasteiger partial charge in [-0.15, -0.1) is 0 Å². The minimum Gasteiger partial charge on any atom is -0.369 e. The summed E-state index contributed by atoms with van der Waals surface area (Å²) in [6, 6.07) is 9.00. The van der Waals surface area contributed by atoms with Gasteiger partial charge in [-0.1, -0.05) is 15.9 Å². The standard InChI is InChI=1S/C17H27BrN4S/c1-19-17(20-10-3-4-12-23-2)21-15-9-11-22(13-15)16-7-5-14(18)6-8-16/h5-8,15H,3-4,9-13H2,1-2H3,(H2,19,20,21). The number of hydrogen-bond acceptors (Lipinski definition) is 3. The van der Waals surface area contributed by atoms with Gasteiger partial charge in [-0.3, -0.25) is 4.99 Å². The molecule has 4 nitrogen and oxygen atoms in total. The van der Waals surface area contributed by atoms with Gasteiger partial charge in [0.05, 0.1) is 0 Å². The maximum atomic E-state index is 4.34. The van der Waals surface area contributed by atoms with Gasteiger partial charge in [-0.2, -0.15) is 11.8 Å². The van der Waals surface area contributed by atoms with E-state index < -0.39 is 0 Å². The van der Waals surface area contributed by atoms with Gasteiger partial charge in [-0.25, -0.2) is 0 Å². The molecule has 0 spiro atoms. The van der Waals surface area contributed by atoms with Gasteiger partial charge in [0.1, 0.15) is 0 Å². The minimum atomic E-state index is 0.455. The predicted octanol–water partition coefficient (Wildman–Crippen LogP) is 3.34. The highest BCUT2D eigenvalue weighted by molar-refractivity contribution is 9.10. The zero-order valence-electron chi connectivity index (χ0n) is 14.0. The van der Waals surface area contributed by atoms with Gasteiger partial charge < -0.3 is 15.5 Å². The van der Waals surface area contributed by atoms with Crippen LogP contribution in [0.4, 0.5) is 5.69 Å². The molecular formula is C17H27BrN4S. The van der Waals surface area contributed by atoms with Gasteiger partial charge >= 0.3 is 0 Å². The van der Waals surface area contributed by atoms with Crippen LogP contribution in [0.3, 0.4) is 0 Å². The van der Waals surface area contributed by atoms with Crippen molar-refractivity contribution in [2.24, 2.45) is 4.99 Å². The van der Waals surface area contributed by atoms with E-state index in [9.17, 15) is 0 Å². The highest BCUT2D eigenvalue weighted by Crippen LogP contribution is 2.22. The summed E-state index contributed by atoms with van der Waals surface area (Å²) in [6.45, 7) is 3.10. The first-order chi connectivity index (χ1) is 11.2. The lowest BCUT2D eigenvalue weighted by atomic mass is 10.2. The van der Waals surface area contributed by atoms with E-state index in [1.807, 2.05) is 18.8 Å². The van der Waals surface area contributed by atoms with Crippen LogP contribution in [0, 0.1) is 0 Å². The Kier molecular flexibility index (Phi) is 8.09. The van der Waals surface area contributed by atoms with Crippen molar-refractivity contribution >= 4 is 39.3 Å². The minimum absolute atomic E-state index is 0.455. The molecule has 1 aliphatic rings. The van der Waals surface area contributed by atoms with E-state index >= 15 is 0 Å². The number of anilines is 1. The number of rotatable bonds is 7. The molecule has 1 aromatic rings. The lowest BCUT2D eigenvalue weighted by Gasteiger charge is -2.20. The third-order valence-corrected chi connectivity index (χ3v) is 5.24. The molecule has 0 bridgehead atoms. The van der Waals surface area contributed by atoms with Crippen molar-refractivity contribution in [3.63, 3.8) is 0 Å². The number of aliphatic imine (C=N–C) groups is 1. The van der Waals surface area contributed by atoms with Gasteiger partial charge in [0.15, 0.2) is 5.96 Å². The lowest BCUT2D eigenvalue weighted by molar-refractivity contribution is 0.642. The average Bonchev–Trinajstić information content (AvgIpc) is 3.02. The monoisotopic (exact) mass is 398 g/mol. The number of guanidine groups is 1. The van der Waals surface area contributed by atoms with Crippen LogP contribution in [0.25, 0.3) is 0 Å². The van der Waals surface area contributed by atoms with E-state index in [0.29, 0.717) is 6.04 Å². The van der Waals surface area contributed by atoms with E-state index in [0.717, 1.165) is 36.5 Å². The molecule has 1 unspecified atom stereocenters. The largest absolute Gasteiger partial charge is 0.369 e. The second-order valence-corrected chi connectivity index (χ2v) is 7.65. The van der Waals surface area contributed by atoms with Crippen LogP contribution in [-0.4, -0.2) is 50.7 Å². The van der Waals surface area contributed by atoms with E-state index in [1.165, 1.54) is 24.3 Å². The van der Waals surface area contributed by atoms with Crippen molar-refractivity contribution in [3.05, 3.63) is 28.7 Å². The predicted molar refractivity (Wildman–Crippen MR) is 107 cm³/mol. The summed E-state index contributed by atoms with van der Waals surface area (Å²) in [6.07, 6.45) is 5.75. The smallest absolute Gasteiger partial charge is 0.191 e. The Morgan fingerprint density at radius 3 is 2.83 bits per heavy atom. The molecule has 1 fully saturated rings. The summed E-state index contributed by atoms with van der Waals surface area (Å²) in [7, 11) is 1.85. The van der Waals surface area contributed by atoms with Crippen molar-refractivity contribution < 1.29 is 0 Å². The molecule has 6 heteroatoms. The first-order valence-electron chi connectivity index (χ1n) is 8.19. The second-order valence-electron chi connectivity index (χ2n) is 5.75. The van der Waals surface area contributed by atoms with E-state index in [1.54, 1.807) is 0 Å². The fraction of sp³-hybridized carbons (Fsp3) is 0.588. The van der Waals surface area contributed by atoms with Crippen molar-refractivity contribution in [3.8, 4) is 0 Å². The van der Waals surface area contributed by atoms with Gasteiger partial charge in [-0.05, 0) is 55.5 Å². The summed E-state index contributed by atoms with van der Waals surface area (Å²) >= 11 is 5.40. The molecular weight excluding hydrogens is 372 g/mol. The van der Waals surface area contributed by atoms with Crippen LogP contribution in [0.1, 0.15) is 19.3 Å². The second kappa shape index (κ2) is 10.1. The SMILES string of the molecule is CN=C(NCCCCSC)NC1CCN(c2ccc(Br)cc2)C1. The van der Waals surface area contributed by atoms with Crippen LogP contribution in [0.15, 0.2) is 33.7 Å². The van der Waals surface area contributed by atoms with Crippen LogP contribution >= 0.6 is 27.7 Å². The Bertz CT molecular complexity index is 492. The Morgan fingerprint density at radius 2 is 2.13 bits per heavy atom. The average molecular weight is 399 g/mol. The normalized spacial score (nSPS) is 18.3. The molecule has 0 aliphatic carbocycles.